The molecule has 0 aliphatic rings. The molecule has 0 amide bonds. The molecule has 0 atom stereocenters. The predicted octanol–water partition coefficient (Wildman–Crippen LogP) is 1.68. The highest BCUT2D eigenvalue weighted by Crippen LogP contribution is 2.20. The second-order valence-corrected chi connectivity index (χ2v) is 7.10. The molecule has 0 radical (unpaired) electrons. The van der Waals surface area contributed by atoms with Crippen LogP contribution >= 0.6 is 11.8 Å². The van der Waals surface area contributed by atoms with Gasteiger partial charge in [-0.2, -0.15) is 11.8 Å². The fourth-order valence-corrected chi connectivity index (χ4v) is 3.51. The molecule has 0 heterocycles. The van der Waals surface area contributed by atoms with E-state index in [1.165, 1.54) is 29.6 Å². The van der Waals surface area contributed by atoms with E-state index in [9.17, 15) is 13.2 Å². The van der Waals surface area contributed by atoms with Gasteiger partial charge in [0.15, 0.2) is 0 Å². The lowest BCUT2D eigenvalue weighted by atomic mass is 10.1. The van der Waals surface area contributed by atoms with Gasteiger partial charge in [0.1, 0.15) is 0 Å². The Morgan fingerprint density at radius 1 is 1.42 bits per heavy atom. The van der Waals surface area contributed by atoms with Crippen LogP contribution in [0.5, 0.6) is 0 Å². The van der Waals surface area contributed by atoms with E-state index in [1.54, 1.807) is 18.7 Å². The Morgan fingerprint density at radius 3 is 2.58 bits per heavy atom. The average molecular weight is 303 g/mol. The van der Waals surface area contributed by atoms with E-state index < -0.39 is 16.0 Å². The monoisotopic (exact) mass is 303 g/mol. The fourth-order valence-electron chi connectivity index (χ4n) is 1.52. The number of carboxylic acid groups (broad SMARTS) is 1. The van der Waals surface area contributed by atoms with Gasteiger partial charge in [-0.3, -0.25) is 0 Å². The summed E-state index contributed by atoms with van der Waals surface area (Å²) < 4.78 is 26.0. The maximum absolute atomic E-state index is 12.4. The maximum Gasteiger partial charge on any atom is 0.335 e. The van der Waals surface area contributed by atoms with Crippen molar-refractivity contribution in [3.05, 3.63) is 29.3 Å². The Kier molecular flexibility index (Phi) is 5.39. The molecular formula is C12H17NO4S2. The first-order chi connectivity index (χ1) is 8.80. The van der Waals surface area contributed by atoms with Crippen LogP contribution in [0.25, 0.3) is 0 Å². The largest absolute Gasteiger partial charge is 0.478 e. The van der Waals surface area contributed by atoms with Crippen molar-refractivity contribution in [3.8, 4) is 0 Å². The molecule has 5 nitrogen and oxygen atoms in total. The highest BCUT2D eigenvalue weighted by molar-refractivity contribution is 7.98. The number of hydrogen-bond donors (Lipinski definition) is 1. The number of aryl methyl sites for hydroxylation is 1. The summed E-state index contributed by atoms with van der Waals surface area (Å²) in [6.45, 7) is 2.04. The maximum atomic E-state index is 12.4. The lowest BCUT2D eigenvalue weighted by Gasteiger charge is -2.18. The molecule has 7 heteroatoms. The second-order valence-electron chi connectivity index (χ2n) is 4.10. The van der Waals surface area contributed by atoms with E-state index in [1.807, 2.05) is 6.26 Å². The average Bonchev–Trinajstić information content (AvgIpc) is 2.35. The van der Waals surface area contributed by atoms with Crippen LogP contribution in [0.15, 0.2) is 23.1 Å². The zero-order valence-corrected chi connectivity index (χ0v) is 12.7. The summed E-state index contributed by atoms with van der Waals surface area (Å²) in [5.74, 6) is -0.448. The molecule has 0 saturated carbocycles. The van der Waals surface area contributed by atoms with E-state index >= 15 is 0 Å². The molecular weight excluding hydrogens is 286 g/mol. The number of thioether (sulfide) groups is 1. The standard InChI is InChI=1S/C12H17NO4S2/c1-9-4-5-10(12(14)15)8-11(9)19(16,17)13(2)6-7-18-3/h4-5,8H,6-7H2,1-3H3,(H,14,15). The van der Waals surface area contributed by atoms with E-state index in [2.05, 4.69) is 0 Å². The van der Waals surface area contributed by atoms with E-state index in [-0.39, 0.29) is 10.5 Å². The molecule has 0 unspecified atom stereocenters. The first-order valence-electron chi connectivity index (χ1n) is 5.60. The summed E-state index contributed by atoms with van der Waals surface area (Å²) in [6.07, 6.45) is 1.90. The summed E-state index contributed by atoms with van der Waals surface area (Å²) in [5, 5.41) is 8.93. The van der Waals surface area contributed by atoms with Crippen molar-refractivity contribution in [2.24, 2.45) is 0 Å². The van der Waals surface area contributed by atoms with Gasteiger partial charge in [-0.25, -0.2) is 17.5 Å². The van der Waals surface area contributed by atoms with Crippen molar-refractivity contribution in [1.29, 1.82) is 0 Å². The smallest absolute Gasteiger partial charge is 0.335 e. The van der Waals surface area contributed by atoms with Gasteiger partial charge in [-0.15, -0.1) is 0 Å². The molecule has 1 aromatic rings. The van der Waals surface area contributed by atoms with Gasteiger partial charge in [0.2, 0.25) is 10.0 Å². The molecule has 0 aliphatic carbocycles. The molecule has 0 fully saturated rings. The number of sulfonamides is 1. The van der Waals surface area contributed by atoms with Crippen LogP contribution in [0.3, 0.4) is 0 Å². The Bertz CT molecular complexity index is 569. The molecule has 0 spiro atoms. The summed E-state index contributed by atoms with van der Waals surface area (Å²) in [7, 11) is -2.14. The highest BCUT2D eigenvalue weighted by atomic mass is 32.2. The lowest BCUT2D eigenvalue weighted by molar-refractivity contribution is 0.0696. The minimum absolute atomic E-state index is 0.0255. The van der Waals surface area contributed by atoms with Crippen molar-refractivity contribution in [1.82, 2.24) is 4.31 Å². The third-order valence-corrected chi connectivity index (χ3v) is 5.32. The first kappa shape index (κ1) is 16.0. The van der Waals surface area contributed by atoms with Gasteiger partial charge in [0, 0.05) is 19.3 Å². The van der Waals surface area contributed by atoms with E-state index in [0.717, 1.165) is 0 Å². The molecule has 106 valence electrons. The van der Waals surface area contributed by atoms with Gasteiger partial charge in [0.05, 0.1) is 10.5 Å². The first-order valence-corrected chi connectivity index (χ1v) is 8.43. The molecule has 0 bridgehead atoms. The van der Waals surface area contributed by atoms with Crippen molar-refractivity contribution in [2.75, 3.05) is 25.6 Å². The van der Waals surface area contributed by atoms with Gasteiger partial charge >= 0.3 is 5.97 Å². The summed E-state index contributed by atoms with van der Waals surface area (Å²) in [6, 6.07) is 4.12. The van der Waals surface area contributed by atoms with Gasteiger partial charge in [-0.1, -0.05) is 6.07 Å². The molecule has 1 aromatic carbocycles. The van der Waals surface area contributed by atoms with Crippen LogP contribution in [0.1, 0.15) is 15.9 Å². The van der Waals surface area contributed by atoms with Gasteiger partial charge in [0.25, 0.3) is 0 Å². The highest BCUT2D eigenvalue weighted by Gasteiger charge is 2.23. The zero-order chi connectivity index (χ0) is 14.6. The quantitative estimate of drug-likeness (QED) is 0.865. The number of carboxylic acids is 1. The summed E-state index contributed by atoms with van der Waals surface area (Å²) in [5.41, 5.74) is 0.517. The Labute approximate surface area is 117 Å². The van der Waals surface area contributed by atoms with Gasteiger partial charge < -0.3 is 5.11 Å². The molecule has 19 heavy (non-hydrogen) atoms. The fraction of sp³-hybridized carbons (Fsp3) is 0.417. The number of benzene rings is 1. The number of hydrogen-bond acceptors (Lipinski definition) is 4. The third-order valence-electron chi connectivity index (χ3n) is 2.73. The second kappa shape index (κ2) is 6.40. The van der Waals surface area contributed by atoms with Crippen molar-refractivity contribution in [3.63, 3.8) is 0 Å². The molecule has 1 N–H and O–H groups in total. The van der Waals surface area contributed by atoms with Crippen LogP contribution in [-0.4, -0.2) is 49.4 Å². The normalized spacial score (nSPS) is 11.8. The SMILES string of the molecule is CSCCN(C)S(=O)(=O)c1cc(C(=O)O)ccc1C. The lowest BCUT2D eigenvalue weighted by Crippen LogP contribution is -2.29. The van der Waals surface area contributed by atoms with Crippen molar-refractivity contribution in [2.45, 2.75) is 11.8 Å². The molecule has 0 aliphatic heterocycles. The van der Waals surface area contributed by atoms with Crippen LogP contribution < -0.4 is 0 Å². The third kappa shape index (κ3) is 3.71. The number of rotatable bonds is 6. The number of nitrogens with zero attached hydrogens (tertiary/aromatic N) is 1. The minimum Gasteiger partial charge on any atom is -0.478 e. The zero-order valence-electron chi connectivity index (χ0n) is 11.1. The van der Waals surface area contributed by atoms with Crippen LogP contribution in [0.4, 0.5) is 0 Å². The van der Waals surface area contributed by atoms with E-state index in [4.69, 9.17) is 5.11 Å². The van der Waals surface area contributed by atoms with Crippen LogP contribution in [-0.2, 0) is 10.0 Å². The Balaban J connectivity index is 3.20. The molecule has 0 aromatic heterocycles. The van der Waals surface area contributed by atoms with Gasteiger partial charge in [-0.05, 0) is 30.9 Å². The summed E-state index contributed by atoms with van der Waals surface area (Å²) >= 11 is 1.55. The van der Waals surface area contributed by atoms with E-state index in [0.29, 0.717) is 17.9 Å². The van der Waals surface area contributed by atoms with Crippen molar-refractivity contribution >= 4 is 27.8 Å². The molecule has 0 saturated heterocycles. The Morgan fingerprint density at radius 2 is 2.05 bits per heavy atom. The van der Waals surface area contributed by atoms with Crippen molar-refractivity contribution < 1.29 is 18.3 Å². The van der Waals surface area contributed by atoms with Crippen LogP contribution in [0, 0.1) is 6.92 Å². The predicted molar refractivity (Wildman–Crippen MR) is 76.3 cm³/mol. The minimum atomic E-state index is -3.64. The topological polar surface area (TPSA) is 74.7 Å². The van der Waals surface area contributed by atoms with Crippen LogP contribution in [0.2, 0.25) is 0 Å². The summed E-state index contributed by atoms with van der Waals surface area (Å²) in [4.78, 5) is 11.0. The Hall–Kier alpha value is -1.05. The number of carbonyl (C=O) groups is 1. The number of aromatic carboxylic acids is 1. The molecule has 1 rings (SSSR count).